The first-order valence-electron chi connectivity index (χ1n) is 6.47. The van der Waals surface area contributed by atoms with E-state index in [1.54, 1.807) is 0 Å². The minimum Gasteiger partial charge on any atom is -0.281 e. The van der Waals surface area contributed by atoms with Crippen molar-refractivity contribution >= 4 is 16.8 Å². The van der Waals surface area contributed by atoms with Crippen molar-refractivity contribution in [3.63, 3.8) is 0 Å². The van der Waals surface area contributed by atoms with Crippen LogP contribution in [0.4, 0.5) is 0 Å². The first-order valence-corrected chi connectivity index (χ1v) is 7.46. The van der Waals surface area contributed by atoms with Crippen LogP contribution in [0.3, 0.4) is 0 Å². The van der Waals surface area contributed by atoms with Crippen molar-refractivity contribution in [2.75, 3.05) is 12.3 Å². The van der Waals surface area contributed by atoms with Gasteiger partial charge in [-0.25, -0.2) is 0 Å². The Hall–Kier alpha value is 0.0200. The maximum atomic E-state index is 4.78. The summed E-state index contributed by atoms with van der Waals surface area (Å²) in [6, 6.07) is 0. The summed E-state index contributed by atoms with van der Waals surface area (Å²) in [4.78, 5) is 4.78. The zero-order valence-corrected chi connectivity index (χ0v) is 10.9. The molecule has 0 saturated heterocycles. The van der Waals surface area contributed by atoms with Gasteiger partial charge in [0, 0.05) is 17.7 Å². The SMILES string of the molecule is CCC(C)C1(C2=NCCS2)CCCCC1. The fourth-order valence-electron chi connectivity index (χ4n) is 3.13. The quantitative estimate of drug-likeness (QED) is 0.703. The number of nitrogens with zero attached hydrogens (tertiary/aromatic N) is 1. The van der Waals surface area contributed by atoms with Crippen molar-refractivity contribution < 1.29 is 0 Å². The predicted octanol–water partition coefficient (Wildman–Crippen LogP) is 4.13. The molecule has 1 unspecified atom stereocenters. The van der Waals surface area contributed by atoms with Crippen molar-refractivity contribution in [1.29, 1.82) is 0 Å². The number of hydrogen-bond acceptors (Lipinski definition) is 2. The fourth-order valence-corrected chi connectivity index (χ4v) is 4.38. The van der Waals surface area contributed by atoms with E-state index in [1.807, 2.05) is 11.8 Å². The molecule has 2 aliphatic rings. The molecule has 86 valence electrons. The van der Waals surface area contributed by atoms with Crippen LogP contribution in [-0.4, -0.2) is 17.3 Å². The van der Waals surface area contributed by atoms with Gasteiger partial charge in [-0.15, -0.1) is 11.8 Å². The van der Waals surface area contributed by atoms with Gasteiger partial charge in [-0.3, -0.25) is 4.99 Å². The zero-order valence-electron chi connectivity index (χ0n) is 10.1. The number of hydrogen-bond donors (Lipinski definition) is 0. The van der Waals surface area contributed by atoms with Gasteiger partial charge in [-0.1, -0.05) is 39.5 Å². The van der Waals surface area contributed by atoms with Gasteiger partial charge in [0.1, 0.15) is 0 Å². The lowest BCUT2D eigenvalue weighted by Crippen LogP contribution is -2.37. The van der Waals surface area contributed by atoms with Crippen molar-refractivity contribution in [2.45, 2.75) is 52.4 Å². The highest BCUT2D eigenvalue weighted by atomic mass is 32.2. The summed E-state index contributed by atoms with van der Waals surface area (Å²) in [7, 11) is 0. The molecule has 1 heterocycles. The molecule has 15 heavy (non-hydrogen) atoms. The monoisotopic (exact) mass is 225 g/mol. The van der Waals surface area contributed by atoms with E-state index in [4.69, 9.17) is 4.99 Å². The minimum atomic E-state index is 0.480. The van der Waals surface area contributed by atoms with Gasteiger partial charge in [0.05, 0.1) is 5.04 Å². The predicted molar refractivity (Wildman–Crippen MR) is 69.7 cm³/mol. The Kier molecular flexibility index (Phi) is 3.76. The van der Waals surface area contributed by atoms with Crippen LogP contribution in [0.15, 0.2) is 4.99 Å². The molecule has 2 rings (SSSR count). The van der Waals surface area contributed by atoms with Crippen molar-refractivity contribution in [1.82, 2.24) is 0 Å². The largest absolute Gasteiger partial charge is 0.281 e. The fraction of sp³-hybridized carbons (Fsp3) is 0.923. The molecule has 0 aromatic carbocycles. The molecular weight excluding hydrogens is 202 g/mol. The highest BCUT2D eigenvalue weighted by Crippen LogP contribution is 2.48. The minimum absolute atomic E-state index is 0.480. The van der Waals surface area contributed by atoms with Crippen LogP contribution in [-0.2, 0) is 0 Å². The lowest BCUT2D eigenvalue weighted by atomic mass is 9.66. The lowest BCUT2D eigenvalue weighted by Gasteiger charge is -2.42. The Bertz CT molecular complexity index is 241. The zero-order chi connectivity index (χ0) is 10.7. The molecule has 1 aliphatic heterocycles. The van der Waals surface area contributed by atoms with Gasteiger partial charge < -0.3 is 0 Å². The molecule has 0 amide bonds. The van der Waals surface area contributed by atoms with Gasteiger partial charge >= 0.3 is 0 Å². The molecule has 1 fully saturated rings. The molecule has 1 saturated carbocycles. The Balaban J connectivity index is 2.20. The van der Waals surface area contributed by atoms with Crippen molar-refractivity contribution in [3.8, 4) is 0 Å². The summed E-state index contributed by atoms with van der Waals surface area (Å²) in [5.74, 6) is 2.05. The normalized spacial score (nSPS) is 27.5. The smallest absolute Gasteiger partial charge is 0.0741 e. The van der Waals surface area contributed by atoms with E-state index in [9.17, 15) is 0 Å². The van der Waals surface area contributed by atoms with Crippen LogP contribution in [0.25, 0.3) is 0 Å². The highest BCUT2D eigenvalue weighted by Gasteiger charge is 2.42. The average molecular weight is 225 g/mol. The van der Waals surface area contributed by atoms with Gasteiger partial charge in [0.2, 0.25) is 0 Å². The van der Waals surface area contributed by atoms with Gasteiger partial charge in [-0.05, 0) is 18.8 Å². The maximum absolute atomic E-state index is 4.78. The first kappa shape index (κ1) is 11.5. The van der Waals surface area contributed by atoms with Crippen LogP contribution in [0.2, 0.25) is 0 Å². The van der Waals surface area contributed by atoms with Crippen molar-refractivity contribution in [3.05, 3.63) is 0 Å². The van der Waals surface area contributed by atoms with Gasteiger partial charge in [0.15, 0.2) is 0 Å². The summed E-state index contributed by atoms with van der Waals surface area (Å²) in [5.41, 5.74) is 0.480. The second kappa shape index (κ2) is 4.90. The Labute approximate surface area is 98.1 Å². The molecule has 0 bridgehead atoms. The van der Waals surface area contributed by atoms with E-state index in [0.29, 0.717) is 5.41 Å². The Morgan fingerprint density at radius 2 is 2.07 bits per heavy atom. The molecule has 0 radical (unpaired) electrons. The molecule has 0 spiro atoms. The third-order valence-corrected chi connectivity index (χ3v) is 5.51. The van der Waals surface area contributed by atoms with E-state index < -0.39 is 0 Å². The van der Waals surface area contributed by atoms with Gasteiger partial charge in [-0.2, -0.15) is 0 Å². The number of thioether (sulfide) groups is 1. The van der Waals surface area contributed by atoms with Gasteiger partial charge in [0.25, 0.3) is 0 Å². The summed E-state index contributed by atoms with van der Waals surface area (Å²) in [6.07, 6.45) is 8.38. The Morgan fingerprint density at radius 3 is 2.60 bits per heavy atom. The highest BCUT2D eigenvalue weighted by molar-refractivity contribution is 8.14. The van der Waals surface area contributed by atoms with Crippen LogP contribution >= 0.6 is 11.8 Å². The molecule has 1 aliphatic carbocycles. The van der Waals surface area contributed by atoms with E-state index in [-0.39, 0.29) is 0 Å². The summed E-state index contributed by atoms with van der Waals surface area (Å²) in [6.45, 7) is 5.84. The molecule has 0 aromatic heterocycles. The second-order valence-electron chi connectivity index (χ2n) is 5.06. The summed E-state index contributed by atoms with van der Waals surface area (Å²) >= 11 is 2.04. The first-order chi connectivity index (χ1) is 7.29. The van der Waals surface area contributed by atoms with E-state index >= 15 is 0 Å². The maximum Gasteiger partial charge on any atom is 0.0741 e. The molecular formula is C13H23NS. The standard InChI is InChI=1S/C13H23NS/c1-3-11(2)13(7-5-4-6-8-13)12-14-9-10-15-12/h11H,3-10H2,1-2H3. The Morgan fingerprint density at radius 1 is 1.33 bits per heavy atom. The topological polar surface area (TPSA) is 12.4 Å². The van der Waals surface area contributed by atoms with Crippen LogP contribution in [0.5, 0.6) is 0 Å². The van der Waals surface area contributed by atoms with Crippen LogP contribution in [0, 0.1) is 11.3 Å². The molecule has 0 N–H and O–H groups in total. The number of rotatable bonds is 3. The van der Waals surface area contributed by atoms with E-state index in [0.717, 1.165) is 12.5 Å². The third-order valence-electron chi connectivity index (χ3n) is 4.31. The van der Waals surface area contributed by atoms with Crippen LogP contribution < -0.4 is 0 Å². The summed E-state index contributed by atoms with van der Waals surface area (Å²) in [5, 5.41) is 1.51. The van der Waals surface area contributed by atoms with E-state index in [1.165, 1.54) is 49.3 Å². The molecule has 2 heteroatoms. The molecule has 1 atom stereocenters. The summed E-state index contributed by atoms with van der Waals surface area (Å²) < 4.78 is 0. The third kappa shape index (κ3) is 2.11. The molecule has 0 aromatic rings. The second-order valence-corrected chi connectivity index (χ2v) is 6.15. The van der Waals surface area contributed by atoms with Crippen molar-refractivity contribution in [2.24, 2.45) is 16.3 Å². The van der Waals surface area contributed by atoms with Crippen LogP contribution in [0.1, 0.15) is 52.4 Å². The average Bonchev–Trinajstić information content (AvgIpc) is 2.83. The number of aliphatic imine (C=N–C) groups is 1. The lowest BCUT2D eigenvalue weighted by molar-refractivity contribution is 0.192. The molecule has 1 nitrogen and oxygen atoms in total. The van der Waals surface area contributed by atoms with E-state index in [2.05, 4.69) is 13.8 Å².